The van der Waals surface area contributed by atoms with Crippen molar-refractivity contribution in [3.8, 4) is 5.88 Å². The van der Waals surface area contributed by atoms with Gasteiger partial charge < -0.3 is 10.1 Å². The number of hydrogen-bond acceptors (Lipinski definition) is 4. The van der Waals surface area contributed by atoms with Crippen LogP contribution < -0.4 is 10.1 Å². The lowest BCUT2D eigenvalue weighted by Crippen LogP contribution is -2.17. The molecule has 1 fully saturated rings. The summed E-state index contributed by atoms with van der Waals surface area (Å²) in [6.07, 6.45) is 5.59. The second-order valence-electron chi connectivity index (χ2n) is 5.14. The van der Waals surface area contributed by atoms with Crippen molar-refractivity contribution in [3.05, 3.63) is 12.3 Å². The molecule has 94 valence electrons. The Morgan fingerprint density at radius 1 is 1.41 bits per heavy atom. The molecule has 2 rings (SSSR count). The van der Waals surface area contributed by atoms with Crippen LogP contribution in [0.4, 0.5) is 5.95 Å². The summed E-state index contributed by atoms with van der Waals surface area (Å²) in [5, 5.41) is 3.38. The van der Waals surface area contributed by atoms with Gasteiger partial charge in [-0.2, -0.15) is 4.98 Å². The van der Waals surface area contributed by atoms with Crippen LogP contribution in [0.15, 0.2) is 12.3 Å². The fourth-order valence-electron chi connectivity index (χ4n) is 2.24. The molecule has 0 spiro atoms. The molecule has 4 nitrogen and oxygen atoms in total. The van der Waals surface area contributed by atoms with Crippen molar-refractivity contribution in [1.29, 1.82) is 0 Å². The van der Waals surface area contributed by atoms with E-state index in [0.29, 0.717) is 17.9 Å². The Labute approximate surface area is 103 Å². The molecule has 4 heteroatoms. The molecule has 1 aromatic rings. The predicted octanol–water partition coefficient (Wildman–Crippen LogP) is 2.86. The lowest BCUT2D eigenvalue weighted by molar-refractivity contribution is 0.232. The summed E-state index contributed by atoms with van der Waals surface area (Å²) in [7, 11) is 0. The Morgan fingerprint density at radius 3 is 2.88 bits per heavy atom. The molecule has 1 aliphatic carbocycles. The Balaban J connectivity index is 1.96. The number of nitrogens with zero attached hydrogens (tertiary/aromatic N) is 2. The average Bonchev–Trinajstić information content (AvgIpc) is 2.63. The molecule has 2 atom stereocenters. The van der Waals surface area contributed by atoms with Gasteiger partial charge in [0.25, 0.3) is 0 Å². The molecule has 17 heavy (non-hydrogen) atoms. The van der Waals surface area contributed by atoms with Crippen LogP contribution in [0.25, 0.3) is 0 Å². The molecule has 1 aromatic heterocycles. The van der Waals surface area contributed by atoms with Crippen LogP contribution in [0.5, 0.6) is 5.88 Å². The van der Waals surface area contributed by atoms with Crippen molar-refractivity contribution in [2.45, 2.75) is 52.2 Å². The van der Waals surface area contributed by atoms with Crippen LogP contribution >= 0.6 is 0 Å². The van der Waals surface area contributed by atoms with Crippen molar-refractivity contribution < 1.29 is 4.74 Å². The van der Waals surface area contributed by atoms with Gasteiger partial charge in [0.05, 0.1) is 6.10 Å². The van der Waals surface area contributed by atoms with Crippen LogP contribution in [0.3, 0.4) is 0 Å². The highest BCUT2D eigenvalue weighted by atomic mass is 16.5. The zero-order valence-electron chi connectivity index (χ0n) is 10.8. The molecule has 0 radical (unpaired) electrons. The van der Waals surface area contributed by atoms with Gasteiger partial charge in [0.1, 0.15) is 0 Å². The molecule has 0 amide bonds. The van der Waals surface area contributed by atoms with E-state index in [1.54, 1.807) is 12.3 Å². The van der Waals surface area contributed by atoms with Crippen LogP contribution in [0.2, 0.25) is 0 Å². The minimum Gasteiger partial charge on any atom is -0.475 e. The van der Waals surface area contributed by atoms with Gasteiger partial charge in [-0.1, -0.05) is 6.92 Å². The SMILES string of the molecule is CC1CCC(Nc2nccc(OC(C)C)n2)C1. The Bertz CT molecular complexity index is 367. The summed E-state index contributed by atoms with van der Waals surface area (Å²) in [4.78, 5) is 8.59. The van der Waals surface area contributed by atoms with E-state index in [4.69, 9.17) is 4.74 Å². The lowest BCUT2D eigenvalue weighted by Gasteiger charge is -2.13. The third-order valence-electron chi connectivity index (χ3n) is 3.01. The zero-order valence-corrected chi connectivity index (χ0v) is 10.8. The standard InChI is InChI=1S/C13H21N3O/c1-9(2)17-12-6-7-14-13(16-12)15-11-5-4-10(3)8-11/h6-7,9-11H,4-5,8H2,1-3H3,(H,14,15,16). The zero-order chi connectivity index (χ0) is 12.3. The second-order valence-corrected chi connectivity index (χ2v) is 5.14. The first-order valence-corrected chi connectivity index (χ1v) is 6.39. The molecular formula is C13H21N3O. The third kappa shape index (κ3) is 3.58. The fraction of sp³-hybridized carbons (Fsp3) is 0.692. The molecule has 0 saturated heterocycles. The largest absolute Gasteiger partial charge is 0.475 e. The summed E-state index contributed by atoms with van der Waals surface area (Å²) < 4.78 is 5.55. The fourth-order valence-corrected chi connectivity index (χ4v) is 2.24. The Morgan fingerprint density at radius 2 is 2.24 bits per heavy atom. The Hall–Kier alpha value is -1.32. The van der Waals surface area contributed by atoms with Gasteiger partial charge in [0, 0.05) is 18.3 Å². The minimum absolute atomic E-state index is 0.143. The highest BCUT2D eigenvalue weighted by molar-refractivity contribution is 5.29. The van der Waals surface area contributed by atoms with Crippen molar-refractivity contribution in [2.24, 2.45) is 5.92 Å². The minimum atomic E-state index is 0.143. The first-order valence-electron chi connectivity index (χ1n) is 6.39. The van der Waals surface area contributed by atoms with Gasteiger partial charge >= 0.3 is 0 Å². The molecule has 0 bridgehead atoms. The molecular weight excluding hydrogens is 214 g/mol. The number of hydrogen-bond donors (Lipinski definition) is 1. The van der Waals surface area contributed by atoms with Gasteiger partial charge in [0.15, 0.2) is 0 Å². The van der Waals surface area contributed by atoms with E-state index in [-0.39, 0.29) is 6.10 Å². The summed E-state index contributed by atoms with van der Waals surface area (Å²) >= 11 is 0. The van der Waals surface area contributed by atoms with E-state index in [2.05, 4.69) is 22.2 Å². The third-order valence-corrected chi connectivity index (χ3v) is 3.01. The van der Waals surface area contributed by atoms with Gasteiger partial charge in [-0.25, -0.2) is 4.98 Å². The summed E-state index contributed by atoms with van der Waals surface area (Å²) in [6.45, 7) is 6.28. The van der Waals surface area contributed by atoms with Crippen molar-refractivity contribution >= 4 is 5.95 Å². The summed E-state index contributed by atoms with van der Waals surface area (Å²) in [5.41, 5.74) is 0. The van der Waals surface area contributed by atoms with Gasteiger partial charge in [-0.3, -0.25) is 0 Å². The number of anilines is 1. The Kier molecular flexibility index (Phi) is 3.82. The summed E-state index contributed by atoms with van der Waals surface area (Å²) in [5.74, 6) is 2.13. The van der Waals surface area contributed by atoms with Crippen molar-refractivity contribution in [1.82, 2.24) is 9.97 Å². The first kappa shape index (κ1) is 12.1. The van der Waals surface area contributed by atoms with E-state index in [1.807, 2.05) is 13.8 Å². The van der Waals surface area contributed by atoms with Gasteiger partial charge in [-0.05, 0) is 39.0 Å². The van der Waals surface area contributed by atoms with E-state index >= 15 is 0 Å². The van der Waals surface area contributed by atoms with Crippen molar-refractivity contribution in [3.63, 3.8) is 0 Å². The maximum Gasteiger partial charge on any atom is 0.226 e. The maximum atomic E-state index is 5.55. The van der Waals surface area contributed by atoms with E-state index in [0.717, 1.165) is 5.92 Å². The van der Waals surface area contributed by atoms with Crippen LogP contribution in [-0.2, 0) is 0 Å². The van der Waals surface area contributed by atoms with Crippen LogP contribution in [-0.4, -0.2) is 22.1 Å². The highest BCUT2D eigenvalue weighted by Crippen LogP contribution is 2.26. The normalized spacial score (nSPS) is 24.0. The number of rotatable bonds is 4. The quantitative estimate of drug-likeness (QED) is 0.871. The molecule has 0 aliphatic heterocycles. The molecule has 1 saturated carbocycles. The van der Waals surface area contributed by atoms with Crippen molar-refractivity contribution in [2.75, 3.05) is 5.32 Å². The first-order chi connectivity index (χ1) is 8.13. The second kappa shape index (κ2) is 5.34. The van der Waals surface area contributed by atoms with Gasteiger partial charge in [-0.15, -0.1) is 0 Å². The smallest absolute Gasteiger partial charge is 0.226 e. The molecule has 0 aromatic carbocycles. The van der Waals surface area contributed by atoms with E-state index in [1.165, 1.54) is 19.3 Å². The highest BCUT2D eigenvalue weighted by Gasteiger charge is 2.21. The maximum absolute atomic E-state index is 5.55. The molecule has 2 unspecified atom stereocenters. The number of nitrogens with one attached hydrogen (secondary N) is 1. The topological polar surface area (TPSA) is 47.0 Å². The van der Waals surface area contributed by atoms with Gasteiger partial charge in [0.2, 0.25) is 11.8 Å². The van der Waals surface area contributed by atoms with Crippen LogP contribution in [0, 0.1) is 5.92 Å². The molecule has 1 heterocycles. The number of aromatic nitrogens is 2. The van der Waals surface area contributed by atoms with Crippen LogP contribution in [0.1, 0.15) is 40.0 Å². The summed E-state index contributed by atoms with van der Waals surface area (Å²) in [6, 6.07) is 2.31. The average molecular weight is 235 g/mol. The molecule has 1 N–H and O–H groups in total. The monoisotopic (exact) mass is 235 g/mol. The lowest BCUT2D eigenvalue weighted by atomic mass is 10.1. The molecule has 1 aliphatic rings. The predicted molar refractivity (Wildman–Crippen MR) is 68.2 cm³/mol. The number of ether oxygens (including phenoxy) is 1. The van der Waals surface area contributed by atoms with E-state index < -0.39 is 0 Å². The van der Waals surface area contributed by atoms with E-state index in [9.17, 15) is 0 Å².